The van der Waals surface area contributed by atoms with Crippen LogP contribution >= 0.6 is 0 Å². The fourth-order valence-electron chi connectivity index (χ4n) is 6.51. The van der Waals surface area contributed by atoms with Gasteiger partial charge >= 0.3 is 6.09 Å². The first-order valence-corrected chi connectivity index (χ1v) is 13.7. The van der Waals surface area contributed by atoms with Crippen molar-refractivity contribution in [1.82, 2.24) is 25.5 Å². The summed E-state index contributed by atoms with van der Waals surface area (Å²) < 4.78 is 20.6. The molecule has 5 atom stereocenters. The van der Waals surface area contributed by atoms with Gasteiger partial charge in [-0.15, -0.1) is 10.2 Å². The summed E-state index contributed by atoms with van der Waals surface area (Å²) >= 11 is 0. The van der Waals surface area contributed by atoms with Gasteiger partial charge in [0.2, 0.25) is 5.82 Å². The molecule has 0 spiro atoms. The average molecular weight is 520 g/mol. The van der Waals surface area contributed by atoms with E-state index in [4.69, 9.17) is 4.74 Å². The summed E-state index contributed by atoms with van der Waals surface area (Å²) in [5, 5.41) is 16.0. The summed E-state index contributed by atoms with van der Waals surface area (Å²) in [5.41, 5.74) is 1.49. The maximum atomic E-state index is 14.7. The Kier molecular flexibility index (Phi) is 7.25. The van der Waals surface area contributed by atoms with Gasteiger partial charge in [-0.3, -0.25) is 4.90 Å². The molecule has 202 valence electrons. The zero-order valence-corrected chi connectivity index (χ0v) is 22.9. The van der Waals surface area contributed by atoms with E-state index in [9.17, 15) is 9.18 Å². The highest BCUT2D eigenvalue weighted by Gasteiger charge is 2.41. The second kappa shape index (κ2) is 10.5. The van der Waals surface area contributed by atoms with Gasteiger partial charge in [-0.05, 0) is 87.1 Å². The minimum Gasteiger partial charge on any atom is -0.444 e. The number of aromatic nitrogens is 4. The van der Waals surface area contributed by atoms with Crippen LogP contribution < -0.4 is 10.4 Å². The van der Waals surface area contributed by atoms with Crippen molar-refractivity contribution in [3.8, 4) is 0 Å². The number of benzene rings is 1. The standard InChI is InChI=1S/C30H38FN5O2/c1-18-16-21(28-32-34-35-33-28)11-13-23(18)20-10-12-22(17-20)36(29(37)38-30(3,4)5)19(2)24-14-15-27(31)26-9-7-6-8-25(24)26/h6-9,11,13,16,18-20,22-23H,10,12,14-15,17H2,1-5H3,(H,32,33,34,35)/t18?,19-,20-,22+,23?/m1/s1. The summed E-state index contributed by atoms with van der Waals surface area (Å²) in [6.07, 6.45) is 10.1. The van der Waals surface area contributed by atoms with E-state index < -0.39 is 5.60 Å². The second-order valence-corrected chi connectivity index (χ2v) is 11.9. The lowest BCUT2D eigenvalue weighted by Crippen LogP contribution is -2.50. The maximum absolute atomic E-state index is 14.7. The first kappa shape index (κ1) is 26.3. The van der Waals surface area contributed by atoms with Crippen LogP contribution in [0, 0.1) is 17.8 Å². The third kappa shape index (κ3) is 5.31. The van der Waals surface area contributed by atoms with Crippen LogP contribution in [0.4, 0.5) is 9.18 Å². The Morgan fingerprint density at radius 1 is 1.18 bits per heavy atom. The Bertz CT molecular complexity index is 1360. The number of carbonyl (C=O) groups excluding carboxylic acids is 1. The third-order valence-corrected chi connectivity index (χ3v) is 8.24. The van der Waals surface area contributed by atoms with Crippen molar-refractivity contribution in [3.63, 3.8) is 0 Å². The molecule has 0 aliphatic heterocycles. The number of rotatable bonds is 5. The van der Waals surface area contributed by atoms with E-state index >= 15 is 0 Å². The minimum absolute atomic E-state index is 0.0587. The predicted molar refractivity (Wildman–Crippen MR) is 145 cm³/mol. The maximum Gasteiger partial charge on any atom is 0.411 e. The molecule has 5 rings (SSSR count). The molecule has 0 radical (unpaired) electrons. The molecular weight excluding hydrogens is 481 g/mol. The number of nitrogens with zero attached hydrogens (tertiary/aromatic N) is 4. The van der Waals surface area contributed by atoms with Crippen LogP contribution in [-0.2, 0) is 4.74 Å². The number of hydrogen-bond donors (Lipinski definition) is 1. The van der Waals surface area contributed by atoms with Gasteiger partial charge in [0.1, 0.15) is 11.4 Å². The highest BCUT2D eigenvalue weighted by Crippen LogP contribution is 2.42. The monoisotopic (exact) mass is 519 g/mol. The van der Waals surface area contributed by atoms with E-state index in [-0.39, 0.29) is 24.0 Å². The summed E-state index contributed by atoms with van der Waals surface area (Å²) in [6, 6.07) is 7.51. The lowest BCUT2D eigenvalue weighted by molar-refractivity contribution is 0.0116. The Morgan fingerprint density at radius 3 is 2.63 bits per heavy atom. The molecule has 38 heavy (non-hydrogen) atoms. The number of ether oxygens (including phenoxy) is 1. The smallest absolute Gasteiger partial charge is 0.411 e. The fourth-order valence-corrected chi connectivity index (χ4v) is 6.51. The molecule has 1 amide bonds. The molecule has 1 saturated carbocycles. The number of fused-ring (bicyclic) bond motifs is 1. The quantitative estimate of drug-likeness (QED) is 0.606. The first-order chi connectivity index (χ1) is 18.1. The normalized spacial score (nSPS) is 26.1. The lowest BCUT2D eigenvalue weighted by Gasteiger charge is -2.38. The number of allylic oxidation sites excluding steroid dienone is 4. The second-order valence-electron chi connectivity index (χ2n) is 11.9. The molecule has 3 aliphatic rings. The molecule has 0 bridgehead atoms. The number of carbonyl (C=O) groups is 1. The molecule has 1 aromatic carbocycles. The fraction of sp³-hybridized carbons (Fsp3) is 0.533. The molecule has 1 fully saturated rings. The zero-order valence-electron chi connectivity index (χ0n) is 22.9. The van der Waals surface area contributed by atoms with Crippen LogP contribution in [0.25, 0.3) is 17.0 Å². The van der Waals surface area contributed by atoms with Crippen LogP contribution in [0.5, 0.6) is 0 Å². The molecule has 1 N–H and O–H groups in total. The number of aromatic amines is 1. The van der Waals surface area contributed by atoms with Gasteiger partial charge in [-0.2, -0.15) is 5.21 Å². The van der Waals surface area contributed by atoms with Crippen molar-refractivity contribution in [1.29, 1.82) is 0 Å². The van der Waals surface area contributed by atoms with Gasteiger partial charge in [0.15, 0.2) is 0 Å². The molecular formula is C30H38FN5O2. The highest BCUT2D eigenvalue weighted by atomic mass is 19.1. The number of H-pyrrole nitrogens is 1. The average Bonchev–Trinajstić information content (AvgIpc) is 3.56. The first-order valence-electron chi connectivity index (χ1n) is 13.7. The van der Waals surface area contributed by atoms with Gasteiger partial charge in [0.05, 0.1) is 6.04 Å². The van der Waals surface area contributed by atoms with Crippen molar-refractivity contribution in [2.75, 3.05) is 0 Å². The van der Waals surface area contributed by atoms with E-state index in [1.165, 1.54) is 0 Å². The predicted octanol–water partition coefficient (Wildman–Crippen LogP) is 4.92. The Morgan fingerprint density at radius 2 is 1.95 bits per heavy atom. The van der Waals surface area contributed by atoms with Gasteiger partial charge in [0.25, 0.3) is 0 Å². The van der Waals surface area contributed by atoms with Crippen molar-refractivity contribution in [3.05, 3.63) is 58.8 Å². The van der Waals surface area contributed by atoms with E-state index in [1.54, 1.807) is 0 Å². The van der Waals surface area contributed by atoms with E-state index in [0.717, 1.165) is 35.6 Å². The number of tetrazole rings is 1. The van der Waals surface area contributed by atoms with Gasteiger partial charge in [-0.1, -0.05) is 49.4 Å². The molecule has 8 heteroatoms. The van der Waals surface area contributed by atoms with E-state index in [0.29, 0.717) is 41.6 Å². The number of nitrogens with one attached hydrogen (secondary N) is 1. The Labute approximate surface area is 223 Å². The molecule has 1 heterocycles. The van der Waals surface area contributed by atoms with E-state index in [2.05, 4.69) is 52.7 Å². The summed E-state index contributed by atoms with van der Waals surface area (Å²) in [5.74, 6) is 1.67. The lowest BCUT2D eigenvalue weighted by atomic mass is 9.77. The third-order valence-electron chi connectivity index (χ3n) is 8.24. The van der Waals surface area contributed by atoms with Crippen molar-refractivity contribution in [2.24, 2.45) is 17.8 Å². The van der Waals surface area contributed by atoms with Gasteiger partial charge in [-0.25, -0.2) is 9.18 Å². The van der Waals surface area contributed by atoms with Crippen LogP contribution in [-0.4, -0.2) is 49.3 Å². The van der Waals surface area contributed by atoms with Gasteiger partial charge in [0, 0.05) is 23.3 Å². The van der Waals surface area contributed by atoms with E-state index in [1.807, 2.05) is 49.9 Å². The molecule has 1 aromatic heterocycles. The minimum atomic E-state index is -0.598. The zero-order chi connectivity index (χ0) is 27.0. The topological polar surface area (TPSA) is 84.0 Å². The van der Waals surface area contributed by atoms with Crippen LogP contribution in [0.3, 0.4) is 0 Å². The summed E-state index contributed by atoms with van der Waals surface area (Å²) in [4.78, 5) is 15.6. The Balaban J connectivity index is 1.41. The van der Waals surface area contributed by atoms with Crippen molar-refractivity contribution < 1.29 is 13.9 Å². The largest absolute Gasteiger partial charge is 0.444 e. The van der Waals surface area contributed by atoms with Crippen LogP contribution in [0.2, 0.25) is 0 Å². The van der Waals surface area contributed by atoms with Crippen LogP contribution in [0.1, 0.15) is 72.5 Å². The van der Waals surface area contributed by atoms with Gasteiger partial charge < -0.3 is 4.74 Å². The molecule has 0 saturated heterocycles. The molecule has 2 unspecified atom stereocenters. The summed E-state index contributed by atoms with van der Waals surface area (Å²) in [7, 11) is 0. The molecule has 7 nitrogen and oxygen atoms in total. The Hall–Kier alpha value is -3.29. The van der Waals surface area contributed by atoms with Crippen molar-refractivity contribution in [2.45, 2.75) is 84.4 Å². The molecule has 3 aliphatic carbocycles. The van der Waals surface area contributed by atoms with Crippen molar-refractivity contribution >= 4 is 23.1 Å². The number of amides is 1. The SMILES string of the molecule is CC1C=C(c2nn[nH]n2)C=CC1[C@@H]1CC[C@H](N(C(=O)OC(C)(C)C)[C@H](C)C2=c3ccccc3=C(F)CC2)C1. The number of hydrogen-bond acceptors (Lipinski definition) is 5. The number of halogens is 1. The highest BCUT2D eigenvalue weighted by molar-refractivity contribution is 5.73. The van der Waals surface area contributed by atoms with Crippen LogP contribution in [0.15, 0.2) is 42.5 Å². The summed E-state index contributed by atoms with van der Waals surface area (Å²) in [6.45, 7) is 10.0. The molecule has 2 aromatic rings.